The van der Waals surface area contributed by atoms with Gasteiger partial charge in [0.25, 0.3) is 0 Å². The number of nitrogens with zero attached hydrogens (tertiary/aromatic N) is 2. The van der Waals surface area contributed by atoms with Crippen LogP contribution in [-0.4, -0.2) is 36.0 Å². The maximum atomic E-state index is 12.0. The summed E-state index contributed by atoms with van der Waals surface area (Å²) in [5, 5.41) is 7.90. The van der Waals surface area contributed by atoms with Gasteiger partial charge in [-0.2, -0.15) is 5.10 Å². The van der Waals surface area contributed by atoms with Crippen molar-refractivity contribution in [1.82, 2.24) is 14.5 Å². The molecular weight excluding hydrogens is 428 g/mol. The van der Waals surface area contributed by atoms with Gasteiger partial charge >= 0.3 is 0 Å². The van der Waals surface area contributed by atoms with Crippen molar-refractivity contribution in [1.29, 1.82) is 0 Å². The molecule has 0 spiro atoms. The second-order valence-corrected chi connectivity index (χ2v) is 11.0. The lowest BCUT2D eigenvalue weighted by molar-refractivity contribution is 0.540. The molecule has 0 radical (unpaired) electrons. The number of rotatable bonds is 9. The van der Waals surface area contributed by atoms with E-state index < -0.39 is 14.8 Å². The van der Waals surface area contributed by atoms with Crippen LogP contribution in [0.25, 0.3) is 11.3 Å². The first-order valence-corrected chi connectivity index (χ1v) is 11.4. The number of aromatic nitrogens is 2. The van der Waals surface area contributed by atoms with E-state index in [0.29, 0.717) is 6.54 Å². The van der Waals surface area contributed by atoms with E-state index in [1.807, 2.05) is 31.4 Å². The van der Waals surface area contributed by atoms with Gasteiger partial charge in [-0.1, -0.05) is 18.6 Å². The summed E-state index contributed by atoms with van der Waals surface area (Å²) in [7, 11) is -1.34. The van der Waals surface area contributed by atoms with Crippen molar-refractivity contribution in [2.45, 2.75) is 44.8 Å². The standard InChI is InChI=1S/C19H29BrN4O2S/c1-19(2,3)27(25,26)22-12-7-5-6-11-21-16-10-8-9-15(13-16)18-17(20)14-24(4)23-18/h8-10,13-14,21-22H,5-7,11-12H2,1-4H3. The molecule has 1 heterocycles. The molecule has 150 valence electrons. The third kappa shape index (κ3) is 6.33. The molecule has 6 nitrogen and oxygen atoms in total. The summed E-state index contributed by atoms with van der Waals surface area (Å²) >= 11 is 3.54. The zero-order valence-corrected chi connectivity index (χ0v) is 18.8. The number of halogens is 1. The molecule has 2 N–H and O–H groups in total. The molecule has 0 fully saturated rings. The number of aryl methyl sites for hydroxylation is 1. The number of anilines is 1. The highest BCUT2D eigenvalue weighted by Gasteiger charge is 2.27. The maximum Gasteiger partial charge on any atom is 0.216 e. The molecule has 0 saturated heterocycles. The Labute approximate surface area is 170 Å². The lowest BCUT2D eigenvalue weighted by Crippen LogP contribution is -2.39. The van der Waals surface area contributed by atoms with E-state index in [1.165, 1.54) is 0 Å². The number of hydrogen-bond acceptors (Lipinski definition) is 4. The van der Waals surface area contributed by atoms with Crippen molar-refractivity contribution in [3.63, 3.8) is 0 Å². The molecule has 27 heavy (non-hydrogen) atoms. The van der Waals surface area contributed by atoms with Gasteiger partial charge in [-0.25, -0.2) is 13.1 Å². The Morgan fingerprint density at radius 2 is 1.85 bits per heavy atom. The van der Waals surface area contributed by atoms with E-state index in [2.05, 4.69) is 37.1 Å². The van der Waals surface area contributed by atoms with E-state index >= 15 is 0 Å². The van der Waals surface area contributed by atoms with Crippen LogP contribution in [0.1, 0.15) is 40.0 Å². The Bertz CT molecular complexity index is 857. The highest BCUT2D eigenvalue weighted by molar-refractivity contribution is 9.10. The fourth-order valence-electron chi connectivity index (χ4n) is 2.51. The number of benzene rings is 1. The Morgan fingerprint density at radius 3 is 2.48 bits per heavy atom. The van der Waals surface area contributed by atoms with Gasteiger partial charge in [0, 0.05) is 37.6 Å². The molecule has 0 amide bonds. The first-order valence-electron chi connectivity index (χ1n) is 9.13. The molecule has 1 aromatic carbocycles. The molecular formula is C19H29BrN4O2S. The van der Waals surface area contributed by atoms with Crippen molar-refractivity contribution in [3.8, 4) is 11.3 Å². The summed E-state index contributed by atoms with van der Waals surface area (Å²) in [6.07, 6.45) is 4.71. The van der Waals surface area contributed by atoms with Gasteiger partial charge in [0.15, 0.2) is 0 Å². The molecule has 0 aliphatic heterocycles. The van der Waals surface area contributed by atoms with Crippen LogP contribution in [0.15, 0.2) is 34.9 Å². The molecule has 0 unspecified atom stereocenters. The van der Waals surface area contributed by atoms with Gasteiger partial charge in [-0.05, 0) is 61.7 Å². The Balaban J connectivity index is 1.74. The van der Waals surface area contributed by atoms with Gasteiger partial charge < -0.3 is 5.32 Å². The van der Waals surface area contributed by atoms with Crippen LogP contribution in [0, 0.1) is 0 Å². The van der Waals surface area contributed by atoms with Gasteiger partial charge in [0.1, 0.15) is 5.69 Å². The Kier molecular flexibility index (Phi) is 7.47. The second-order valence-electron chi connectivity index (χ2n) is 7.58. The van der Waals surface area contributed by atoms with Crippen LogP contribution in [0.5, 0.6) is 0 Å². The van der Waals surface area contributed by atoms with Crippen LogP contribution >= 0.6 is 15.9 Å². The molecule has 0 aliphatic carbocycles. The van der Waals surface area contributed by atoms with Gasteiger partial charge in [0.2, 0.25) is 10.0 Å². The van der Waals surface area contributed by atoms with Gasteiger partial charge in [-0.3, -0.25) is 4.68 Å². The summed E-state index contributed by atoms with van der Waals surface area (Å²) in [6, 6.07) is 8.18. The largest absolute Gasteiger partial charge is 0.385 e. The van der Waals surface area contributed by atoms with Crippen molar-refractivity contribution < 1.29 is 8.42 Å². The molecule has 2 rings (SSSR count). The van der Waals surface area contributed by atoms with Crippen LogP contribution in [0.4, 0.5) is 5.69 Å². The van der Waals surface area contributed by atoms with Crippen molar-refractivity contribution in [2.24, 2.45) is 7.05 Å². The topological polar surface area (TPSA) is 76.0 Å². The summed E-state index contributed by atoms with van der Waals surface area (Å²) < 4.78 is 28.6. The third-order valence-corrected chi connectivity index (χ3v) is 6.98. The summed E-state index contributed by atoms with van der Waals surface area (Å²) in [5.74, 6) is 0. The van der Waals surface area contributed by atoms with Crippen LogP contribution < -0.4 is 10.0 Å². The number of unbranched alkanes of at least 4 members (excludes halogenated alkanes) is 2. The minimum atomic E-state index is -3.24. The number of sulfonamides is 1. The zero-order chi connectivity index (χ0) is 20.1. The molecule has 0 bridgehead atoms. The fourth-order valence-corrected chi connectivity index (χ4v) is 3.96. The maximum absolute atomic E-state index is 12.0. The van der Waals surface area contributed by atoms with Crippen molar-refractivity contribution >= 4 is 31.6 Å². The first-order chi connectivity index (χ1) is 12.6. The lowest BCUT2D eigenvalue weighted by Gasteiger charge is -2.19. The van der Waals surface area contributed by atoms with Crippen LogP contribution in [0.2, 0.25) is 0 Å². The zero-order valence-electron chi connectivity index (χ0n) is 16.4. The third-order valence-electron chi connectivity index (χ3n) is 4.20. The smallest absolute Gasteiger partial charge is 0.216 e. The average Bonchev–Trinajstić information content (AvgIpc) is 2.91. The summed E-state index contributed by atoms with van der Waals surface area (Å²) in [4.78, 5) is 0. The highest BCUT2D eigenvalue weighted by Crippen LogP contribution is 2.28. The first kappa shape index (κ1) is 21.9. The monoisotopic (exact) mass is 456 g/mol. The van der Waals surface area contributed by atoms with Gasteiger partial charge in [-0.15, -0.1) is 0 Å². The normalized spacial score (nSPS) is 12.3. The Morgan fingerprint density at radius 1 is 1.15 bits per heavy atom. The van der Waals surface area contributed by atoms with E-state index in [4.69, 9.17) is 0 Å². The van der Waals surface area contributed by atoms with Crippen molar-refractivity contribution in [2.75, 3.05) is 18.4 Å². The fraction of sp³-hybridized carbons (Fsp3) is 0.526. The molecule has 1 aromatic heterocycles. The molecule has 0 atom stereocenters. The van der Waals surface area contributed by atoms with E-state index in [1.54, 1.807) is 25.5 Å². The van der Waals surface area contributed by atoms with E-state index in [9.17, 15) is 8.42 Å². The molecule has 8 heteroatoms. The van der Waals surface area contributed by atoms with E-state index in [0.717, 1.165) is 47.2 Å². The predicted molar refractivity (Wildman–Crippen MR) is 115 cm³/mol. The van der Waals surface area contributed by atoms with Crippen molar-refractivity contribution in [3.05, 3.63) is 34.9 Å². The average molecular weight is 457 g/mol. The highest BCUT2D eigenvalue weighted by atomic mass is 79.9. The summed E-state index contributed by atoms with van der Waals surface area (Å²) in [6.45, 7) is 6.45. The minimum Gasteiger partial charge on any atom is -0.385 e. The quantitative estimate of drug-likeness (QED) is 0.555. The minimum absolute atomic E-state index is 0.489. The SMILES string of the molecule is Cn1cc(Br)c(-c2cccc(NCCCCCNS(=O)(=O)C(C)(C)C)c2)n1. The number of nitrogens with one attached hydrogen (secondary N) is 2. The van der Waals surface area contributed by atoms with Crippen LogP contribution in [-0.2, 0) is 17.1 Å². The van der Waals surface area contributed by atoms with E-state index in [-0.39, 0.29) is 0 Å². The Hall–Kier alpha value is -1.38. The molecule has 0 saturated carbocycles. The molecule has 2 aromatic rings. The lowest BCUT2D eigenvalue weighted by atomic mass is 10.1. The van der Waals surface area contributed by atoms with Crippen LogP contribution in [0.3, 0.4) is 0 Å². The summed E-state index contributed by atoms with van der Waals surface area (Å²) in [5.41, 5.74) is 3.04. The predicted octanol–water partition coefficient (Wildman–Crippen LogP) is 4.15. The molecule has 0 aliphatic rings. The second kappa shape index (κ2) is 9.21. The number of hydrogen-bond donors (Lipinski definition) is 2. The van der Waals surface area contributed by atoms with Gasteiger partial charge in [0.05, 0.1) is 9.22 Å².